The van der Waals surface area contributed by atoms with Crippen LogP contribution in [-0.4, -0.2) is 15.3 Å². The van der Waals surface area contributed by atoms with Crippen LogP contribution in [0.5, 0.6) is 17.2 Å². The Bertz CT molecular complexity index is 1050. The van der Waals surface area contributed by atoms with Gasteiger partial charge in [0.15, 0.2) is 0 Å². The summed E-state index contributed by atoms with van der Waals surface area (Å²) in [6.07, 6.45) is 0. The Morgan fingerprint density at radius 2 is 0.645 bits per heavy atom. The number of rotatable bonds is 3. The lowest BCUT2D eigenvalue weighted by Gasteiger charge is -2.28. The molecule has 0 fully saturated rings. The summed E-state index contributed by atoms with van der Waals surface area (Å²) in [7, 11) is 0. The minimum atomic E-state index is -0.0889. The molecule has 3 aromatic carbocycles. The van der Waals surface area contributed by atoms with Gasteiger partial charge in [-0.25, -0.2) is 0 Å². The fourth-order valence-electron chi connectivity index (χ4n) is 4.70. The third-order valence-electron chi connectivity index (χ3n) is 7.22. The molecular weight excluding hydrogens is 384 g/mol. The van der Waals surface area contributed by atoms with Gasteiger partial charge >= 0.3 is 0 Å². The Labute approximate surface area is 186 Å². The first-order valence-corrected chi connectivity index (χ1v) is 10.8. The van der Waals surface area contributed by atoms with Crippen molar-refractivity contribution in [2.45, 2.75) is 68.2 Å². The number of hydrogen-bond acceptors (Lipinski definition) is 3. The van der Waals surface area contributed by atoms with Crippen LogP contribution in [0.3, 0.4) is 0 Å². The molecule has 3 rings (SSSR count). The van der Waals surface area contributed by atoms with Crippen molar-refractivity contribution >= 4 is 0 Å². The zero-order valence-electron chi connectivity index (χ0n) is 20.2. The SMILES string of the molecule is Cc1cc(C(c2cc(C)c(O)c(C)c2C)c2cc(C)c(O)c(C)c2C)c(C)c(C)c1O. The molecule has 0 bridgehead atoms. The van der Waals surface area contributed by atoms with E-state index in [1.807, 2.05) is 41.5 Å². The Hall–Kier alpha value is -2.94. The van der Waals surface area contributed by atoms with Crippen LogP contribution in [0.15, 0.2) is 18.2 Å². The van der Waals surface area contributed by atoms with Gasteiger partial charge in [0.2, 0.25) is 0 Å². The fourth-order valence-corrected chi connectivity index (χ4v) is 4.70. The van der Waals surface area contributed by atoms with Crippen molar-refractivity contribution in [3.8, 4) is 17.2 Å². The molecule has 0 saturated carbocycles. The molecule has 0 radical (unpaired) electrons. The highest BCUT2D eigenvalue weighted by atomic mass is 16.3. The maximum atomic E-state index is 10.5. The van der Waals surface area contributed by atoms with Gasteiger partial charge in [-0.1, -0.05) is 18.2 Å². The van der Waals surface area contributed by atoms with Crippen molar-refractivity contribution in [1.29, 1.82) is 0 Å². The number of hydrogen-bond donors (Lipinski definition) is 3. The standard InChI is InChI=1S/C28H34O3/c1-13-10-22(16(4)19(7)26(13)29)25(23-11-14(2)27(30)20(8)17(23)5)24-12-15(3)28(31)21(9)18(24)6/h10-12,25,29-31H,1-9H3. The Balaban J connectivity index is 2.50. The molecule has 3 aromatic rings. The maximum absolute atomic E-state index is 10.5. The fraction of sp³-hybridized carbons (Fsp3) is 0.357. The zero-order valence-corrected chi connectivity index (χ0v) is 20.2. The van der Waals surface area contributed by atoms with Crippen molar-refractivity contribution in [3.63, 3.8) is 0 Å². The van der Waals surface area contributed by atoms with Crippen molar-refractivity contribution in [1.82, 2.24) is 0 Å². The largest absolute Gasteiger partial charge is 0.507 e. The third-order valence-corrected chi connectivity index (χ3v) is 7.22. The van der Waals surface area contributed by atoms with E-state index in [1.54, 1.807) is 0 Å². The number of aromatic hydroxyl groups is 3. The summed E-state index contributed by atoms with van der Waals surface area (Å²) in [6, 6.07) is 6.24. The van der Waals surface area contributed by atoms with Gasteiger partial charge in [-0.15, -0.1) is 0 Å². The lowest BCUT2D eigenvalue weighted by molar-refractivity contribution is 0.465. The van der Waals surface area contributed by atoms with Crippen LogP contribution in [0.2, 0.25) is 0 Å². The zero-order chi connectivity index (χ0) is 23.4. The molecule has 0 aliphatic carbocycles. The molecule has 31 heavy (non-hydrogen) atoms. The van der Waals surface area contributed by atoms with Crippen molar-refractivity contribution in [3.05, 3.63) is 85.0 Å². The summed E-state index contributed by atoms with van der Waals surface area (Å²) in [5, 5.41) is 31.6. The van der Waals surface area contributed by atoms with Crippen LogP contribution in [0.1, 0.15) is 72.7 Å². The van der Waals surface area contributed by atoms with Gasteiger partial charge in [-0.05, 0) is 129 Å². The number of aryl methyl sites for hydroxylation is 3. The second-order valence-electron chi connectivity index (χ2n) is 9.08. The first-order valence-electron chi connectivity index (χ1n) is 10.8. The highest BCUT2D eigenvalue weighted by Crippen LogP contribution is 2.44. The quantitative estimate of drug-likeness (QED) is 0.412. The van der Waals surface area contributed by atoms with Gasteiger partial charge < -0.3 is 15.3 Å². The summed E-state index contributed by atoms with van der Waals surface area (Å²) in [6.45, 7) is 17.8. The molecule has 0 saturated heterocycles. The molecule has 0 spiro atoms. The van der Waals surface area contributed by atoms with Gasteiger partial charge in [0.25, 0.3) is 0 Å². The summed E-state index contributed by atoms with van der Waals surface area (Å²) in [4.78, 5) is 0. The maximum Gasteiger partial charge on any atom is 0.121 e. The molecular formula is C28H34O3. The molecule has 3 nitrogen and oxygen atoms in total. The van der Waals surface area contributed by atoms with Gasteiger partial charge in [0.1, 0.15) is 17.2 Å². The van der Waals surface area contributed by atoms with Crippen molar-refractivity contribution < 1.29 is 15.3 Å². The summed E-state index contributed by atoms with van der Waals surface area (Å²) < 4.78 is 0. The molecule has 0 heterocycles. The average molecular weight is 419 g/mol. The highest BCUT2D eigenvalue weighted by molar-refractivity contribution is 5.61. The molecule has 0 amide bonds. The lowest BCUT2D eigenvalue weighted by atomic mass is 9.76. The highest BCUT2D eigenvalue weighted by Gasteiger charge is 2.27. The molecule has 0 unspecified atom stereocenters. The van der Waals surface area contributed by atoms with E-state index in [1.165, 1.54) is 0 Å². The summed E-state index contributed by atoms with van der Waals surface area (Å²) in [5.41, 5.74) is 11.7. The number of phenolic OH excluding ortho intramolecular Hbond substituents is 3. The summed E-state index contributed by atoms with van der Waals surface area (Å²) >= 11 is 0. The predicted octanol–water partition coefficient (Wildman–Crippen LogP) is 6.76. The minimum Gasteiger partial charge on any atom is -0.507 e. The molecule has 0 aliphatic heterocycles. The van der Waals surface area contributed by atoms with Crippen molar-refractivity contribution in [2.75, 3.05) is 0 Å². The van der Waals surface area contributed by atoms with Crippen LogP contribution in [-0.2, 0) is 0 Å². The van der Waals surface area contributed by atoms with Crippen LogP contribution in [0.25, 0.3) is 0 Å². The predicted molar refractivity (Wildman–Crippen MR) is 128 cm³/mol. The van der Waals surface area contributed by atoms with E-state index >= 15 is 0 Å². The Morgan fingerprint density at radius 1 is 0.419 bits per heavy atom. The monoisotopic (exact) mass is 418 g/mol. The Kier molecular flexibility index (Phi) is 5.84. The first-order chi connectivity index (χ1) is 14.4. The third kappa shape index (κ3) is 3.56. The summed E-state index contributed by atoms with van der Waals surface area (Å²) in [5.74, 6) is 0.924. The van der Waals surface area contributed by atoms with E-state index in [4.69, 9.17) is 0 Å². The van der Waals surface area contributed by atoms with Crippen LogP contribution < -0.4 is 0 Å². The van der Waals surface area contributed by atoms with Gasteiger partial charge in [-0.3, -0.25) is 0 Å². The number of phenols is 3. The van der Waals surface area contributed by atoms with E-state index < -0.39 is 0 Å². The molecule has 3 N–H and O–H groups in total. The van der Waals surface area contributed by atoms with E-state index in [0.29, 0.717) is 17.2 Å². The molecule has 0 aliphatic rings. The lowest BCUT2D eigenvalue weighted by Crippen LogP contribution is -2.12. The van der Waals surface area contributed by atoms with Gasteiger partial charge in [0.05, 0.1) is 0 Å². The van der Waals surface area contributed by atoms with Crippen LogP contribution in [0, 0.1) is 62.3 Å². The molecule has 0 atom stereocenters. The minimum absolute atomic E-state index is 0.0889. The van der Waals surface area contributed by atoms with Gasteiger partial charge in [0, 0.05) is 5.92 Å². The molecule has 164 valence electrons. The van der Waals surface area contributed by atoms with Crippen molar-refractivity contribution in [2.24, 2.45) is 0 Å². The van der Waals surface area contributed by atoms with E-state index in [2.05, 4.69) is 39.0 Å². The average Bonchev–Trinajstić information content (AvgIpc) is 2.74. The first kappa shape index (κ1) is 22.7. The second kappa shape index (κ2) is 7.96. The Morgan fingerprint density at radius 3 is 0.871 bits per heavy atom. The van der Waals surface area contributed by atoms with Crippen LogP contribution in [0.4, 0.5) is 0 Å². The second-order valence-corrected chi connectivity index (χ2v) is 9.08. The van der Waals surface area contributed by atoms with E-state index in [9.17, 15) is 15.3 Å². The topological polar surface area (TPSA) is 60.7 Å². The smallest absolute Gasteiger partial charge is 0.121 e. The van der Waals surface area contributed by atoms with E-state index in [-0.39, 0.29) is 5.92 Å². The van der Waals surface area contributed by atoms with E-state index in [0.717, 1.165) is 66.8 Å². The molecule has 0 aromatic heterocycles. The normalized spacial score (nSPS) is 11.4. The van der Waals surface area contributed by atoms with Gasteiger partial charge in [-0.2, -0.15) is 0 Å². The molecule has 3 heteroatoms. The van der Waals surface area contributed by atoms with Crippen LogP contribution >= 0.6 is 0 Å². The number of benzene rings is 3.